The zero-order chi connectivity index (χ0) is 27.8. The maximum absolute atomic E-state index is 12.7. The van der Waals surface area contributed by atoms with Gasteiger partial charge >= 0.3 is 5.97 Å². The number of carbonyl (C=O) groups is 2. The molecule has 206 valence electrons. The predicted molar refractivity (Wildman–Crippen MR) is 145 cm³/mol. The van der Waals surface area contributed by atoms with Gasteiger partial charge in [0.25, 0.3) is 5.56 Å². The van der Waals surface area contributed by atoms with Crippen LogP contribution in [-0.4, -0.2) is 58.8 Å². The Morgan fingerprint density at radius 3 is 2.74 bits per heavy atom. The van der Waals surface area contributed by atoms with Gasteiger partial charge in [-0.25, -0.2) is 0 Å². The maximum atomic E-state index is 12.7. The molecule has 11 heteroatoms. The predicted octanol–water partition coefficient (Wildman–Crippen LogP) is 3.81. The van der Waals surface area contributed by atoms with Gasteiger partial charge < -0.3 is 24.1 Å². The number of aromatic amines is 1. The fourth-order valence-corrected chi connectivity index (χ4v) is 4.63. The van der Waals surface area contributed by atoms with Crippen LogP contribution >= 0.6 is 11.6 Å². The lowest BCUT2D eigenvalue weighted by Crippen LogP contribution is -2.43. The van der Waals surface area contributed by atoms with Crippen LogP contribution in [0.1, 0.15) is 37.4 Å². The van der Waals surface area contributed by atoms with Crippen molar-refractivity contribution in [1.29, 1.82) is 0 Å². The van der Waals surface area contributed by atoms with Crippen LogP contribution in [0.25, 0.3) is 11.4 Å². The van der Waals surface area contributed by atoms with E-state index in [9.17, 15) is 14.4 Å². The Hall–Kier alpha value is -3.92. The Labute approximate surface area is 231 Å². The number of halogens is 1. The lowest BCUT2D eigenvalue weighted by atomic mass is 9.98. The van der Waals surface area contributed by atoms with Crippen LogP contribution in [0, 0.1) is 5.92 Å². The first-order valence-electron chi connectivity index (χ1n) is 12.8. The van der Waals surface area contributed by atoms with E-state index >= 15 is 0 Å². The maximum Gasteiger partial charge on any atom is 0.310 e. The summed E-state index contributed by atoms with van der Waals surface area (Å²) >= 11 is 6.04. The molecule has 1 atom stereocenters. The number of aryl methyl sites for hydroxylation is 1. The molecule has 1 aliphatic rings. The summed E-state index contributed by atoms with van der Waals surface area (Å²) in [6.45, 7) is 3.30. The van der Waals surface area contributed by atoms with Gasteiger partial charge in [0.05, 0.1) is 19.6 Å². The highest BCUT2D eigenvalue weighted by Crippen LogP contribution is 2.32. The summed E-state index contributed by atoms with van der Waals surface area (Å²) in [6.07, 6.45) is 1.67. The van der Waals surface area contributed by atoms with E-state index in [1.54, 1.807) is 36.1 Å². The van der Waals surface area contributed by atoms with Gasteiger partial charge in [-0.2, -0.15) is 0 Å². The first-order chi connectivity index (χ1) is 18.9. The number of likely N-dealkylation sites (tertiary alicyclic amines) is 1. The van der Waals surface area contributed by atoms with Gasteiger partial charge in [0.2, 0.25) is 5.91 Å². The van der Waals surface area contributed by atoms with Crippen molar-refractivity contribution in [3.05, 3.63) is 69.1 Å². The topological polar surface area (TPSA) is 124 Å². The van der Waals surface area contributed by atoms with Crippen molar-refractivity contribution in [3.63, 3.8) is 0 Å². The molecule has 1 fully saturated rings. The smallest absolute Gasteiger partial charge is 0.310 e. The number of amides is 1. The highest BCUT2D eigenvalue weighted by Gasteiger charge is 2.29. The lowest BCUT2D eigenvalue weighted by molar-refractivity contribution is -0.151. The molecule has 0 saturated carbocycles. The number of nitrogens with one attached hydrogen (secondary N) is 1. The molecule has 1 amide bonds. The standard InChI is InChI=1S/C28H31ClN4O6/c1-3-38-28(36)20-7-5-13-33(16-20)25(34)12-10-22-27(35)30-26(32-31-22)19-9-11-23(24(15-19)37-2)39-17-18-6-4-8-21(29)14-18/h4,6,8-9,11,14-15,20H,3,5,7,10,12-13,16-17H2,1-2H3,(H,30,32,35). The summed E-state index contributed by atoms with van der Waals surface area (Å²) < 4.78 is 16.5. The molecule has 4 rings (SSSR count). The second-order valence-corrected chi connectivity index (χ2v) is 9.60. The van der Waals surface area contributed by atoms with Gasteiger partial charge in [-0.15, -0.1) is 10.2 Å². The second kappa shape index (κ2) is 13.2. The molecule has 1 aliphatic heterocycles. The zero-order valence-corrected chi connectivity index (χ0v) is 22.7. The van der Waals surface area contributed by atoms with Crippen LogP contribution in [-0.2, 0) is 27.4 Å². The molecule has 1 unspecified atom stereocenters. The van der Waals surface area contributed by atoms with Crippen LogP contribution < -0.4 is 15.0 Å². The molecular weight excluding hydrogens is 524 g/mol. The molecule has 0 radical (unpaired) electrons. The van der Waals surface area contributed by atoms with E-state index < -0.39 is 5.56 Å². The first kappa shape index (κ1) is 28.1. The molecule has 3 aromatic rings. The van der Waals surface area contributed by atoms with Gasteiger partial charge in [0.1, 0.15) is 12.3 Å². The highest BCUT2D eigenvalue weighted by atomic mass is 35.5. The number of methoxy groups -OCH3 is 1. The minimum Gasteiger partial charge on any atom is -0.493 e. The van der Waals surface area contributed by atoms with Gasteiger partial charge in [-0.05, 0) is 55.7 Å². The fraction of sp³-hybridized carbons (Fsp3) is 0.393. The first-order valence-corrected chi connectivity index (χ1v) is 13.2. The molecule has 2 heterocycles. The number of carbonyl (C=O) groups excluding carboxylic acids is 2. The average Bonchev–Trinajstić information content (AvgIpc) is 2.95. The summed E-state index contributed by atoms with van der Waals surface area (Å²) in [5, 5.41) is 8.87. The number of rotatable bonds is 10. The van der Waals surface area contributed by atoms with E-state index in [4.69, 9.17) is 25.8 Å². The Kier molecular flexibility index (Phi) is 9.54. The molecule has 1 aromatic heterocycles. The van der Waals surface area contributed by atoms with Crippen molar-refractivity contribution < 1.29 is 23.8 Å². The number of nitrogens with zero attached hydrogens (tertiary/aromatic N) is 3. The van der Waals surface area contributed by atoms with Crippen molar-refractivity contribution in [2.75, 3.05) is 26.8 Å². The third-order valence-electron chi connectivity index (χ3n) is 6.45. The molecule has 2 aromatic carbocycles. The summed E-state index contributed by atoms with van der Waals surface area (Å²) in [5.41, 5.74) is 1.25. The van der Waals surface area contributed by atoms with Gasteiger partial charge in [-0.1, -0.05) is 23.7 Å². The summed E-state index contributed by atoms with van der Waals surface area (Å²) in [6, 6.07) is 12.6. The van der Waals surface area contributed by atoms with Crippen LogP contribution in [0.4, 0.5) is 0 Å². The summed E-state index contributed by atoms with van der Waals surface area (Å²) in [4.78, 5) is 41.9. The molecular formula is C28H31ClN4O6. The molecule has 1 saturated heterocycles. The number of H-pyrrole nitrogens is 1. The molecule has 1 N–H and O–H groups in total. The SMILES string of the molecule is CCOC(=O)C1CCCN(C(=O)CCc2nnc(-c3ccc(OCc4cccc(Cl)c4)c(OC)c3)[nH]c2=O)C1. The Morgan fingerprint density at radius 1 is 1.15 bits per heavy atom. The van der Waals surface area contributed by atoms with Crippen molar-refractivity contribution in [3.8, 4) is 22.9 Å². The normalized spacial score (nSPS) is 15.1. The number of aromatic nitrogens is 3. The van der Waals surface area contributed by atoms with E-state index in [-0.39, 0.29) is 42.2 Å². The summed E-state index contributed by atoms with van der Waals surface area (Å²) in [5.74, 6) is 0.542. The third kappa shape index (κ3) is 7.35. The molecule has 0 aliphatic carbocycles. The van der Waals surface area contributed by atoms with Crippen molar-refractivity contribution in [1.82, 2.24) is 20.1 Å². The van der Waals surface area contributed by atoms with E-state index in [0.29, 0.717) is 54.8 Å². The minimum absolute atomic E-state index is 0.0964. The molecule has 0 spiro atoms. The molecule has 0 bridgehead atoms. The van der Waals surface area contributed by atoms with Crippen LogP contribution in [0.3, 0.4) is 0 Å². The van der Waals surface area contributed by atoms with E-state index in [2.05, 4.69) is 15.2 Å². The number of piperidine rings is 1. The van der Waals surface area contributed by atoms with E-state index in [1.165, 1.54) is 7.11 Å². The molecule has 39 heavy (non-hydrogen) atoms. The highest BCUT2D eigenvalue weighted by molar-refractivity contribution is 6.30. The number of hydrogen-bond donors (Lipinski definition) is 1. The largest absolute Gasteiger partial charge is 0.493 e. The quantitative estimate of drug-likeness (QED) is 0.375. The number of benzene rings is 2. The van der Waals surface area contributed by atoms with Gasteiger partial charge in [-0.3, -0.25) is 14.4 Å². The Bertz CT molecular complexity index is 1380. The monoisotopic (exact) mass is 554 g/mol. The van der Waals surface area contributed by atoms with Gasteiger partial charge in [0.15, 0.2) is 17.3 Å². The third-order valence-corrected chi connectivity index (χ3v) is 6.69. The van der Waals surface area contributed by atoms with Crippen LogP contribution in [0.2, 0.25) is 5.02 Å². The number of ether oxygens (including phenoxy) is 3. The van der Waals surface area contributed by atoms with Crippen molar-refractivity contribution in [2.45, 2.75) is 39.2 Å². The summed E-state index contributed by atoms with van der Waals surface area (Å²) in [7, 11) is 1.52. The van der Waals surface area contributed by atoms with Crippen molar-refractivity contribution >= 4 is 23.5 Å². The lowest BCUT2D eigenvalue weighted by Gasteiger charge is -2.31. The average molecular weight is 555 g/mol. The van der Waals surface area contributed by atoms with E-state index in [0.717, 1.165) is 12.0 Å². The van der Waals surface area contributed by atoms with Crippen LogP contribution in [0.15, 0.2) is 47.3 Å². The number of esters is 1. The molecule has 10 nitrogen and oxygen atoms in total. The number of hydrogen-bond acceptors (Lipinski definition) is 8. The minimum atomic E-state index is -0.420. The Morgan fingerprint density at radius 2 is 2.00 bits per heavy atom. The van der Waals surface area contributed by atoms with E-state index in [1.807, 2.05) is 18.2 Å². The van der Waals surface area contributed by atoms with Crippen LogP contribution in [0.5, 0.6) is 11.5 Å². The van der Waals surface area contributed by atoms with Gasteiger partial charge in [0, 0.05) is 36.5 Å². The Balaban J connectivity index is 1.37. The fourth-order valence-electron chi connectivity index (χ4n) is 4.42. The zero-order valence-electron chi connectivity index (χ0n) is 21.9. The second-order valence-electron chi connectivity index (χ2n) is 9.16. The van der Waals surface area contributed by atoms with Crippen molar-refractivity contribution in [2.24, 2.45) is 5.92 Å².